The number of carbonyl (C=O) groups excluding carboxylic acids is 1. The van der Waals surface area contributed by atoms with E-state index in [0.29, 0.717) is 22.4 Å². The second-order valence-corrected chi connectivity index (χ2v) is 6.46. The molecule has 1 aromatic carbocycles. The quantitative estimate of drug-likeness (QED) is 0.885. The van der Waals surface area contributed by atoms with Gasteiger partial charge in [0.2, 0.25) is 0 Å². The van der Waals surface area contributed by atoms with Gasteiger partial charge in [-0.05, 0) is 38.1 Å². The highest BCUT2D eigenvalue weighted by atomic mass is 35.5. The monoisotopic (exact) mass is 348 g/mol. The van der Waals surface area contributed by atoms with Crippen molar-refractivity contribution in [2.45, 2.75) is 18.9 Å². The Kier molecular flexibility index (Phi) is 5.01. The minimum Gasteiger partial charge on any atom is -0.375 e. The van der Waals surface area contributed by atoms with Gasteiger partial charge in [0.15, 0.2) is 5.69 Å². The van der Waals surface area contributed by atoms with E-state index in [9.17, 15) is 4.79 Å². The van der Waals surface area contributed by atoms with Crippen molar-refractivity contribution in [2.24, 2.45) is 0 Å². The molecule has 3 rings (SSSR count). The molecule has 1 amide bonds. The summed E-state index contributed by atoms with van der Waals surface area (Å²) in [6.45, 7) is 1.92. The van der Waals surface area contributed by atoms with Crippen LogP contribution in [0.25, 0.3) is 0 Å². The molecule has 0 spiro atoms. The van der Waals surface area contributed by atoms with Crippen LogP contribution in [-0.4, -0.2) is 48.1 Å². The smallest absolute Gasteiger partial charge is 0.277 e. The number of benzene rings is 1. The number of hydrogen-bond donors (Lipinski definition) is 2. The molecule has 1 aromatic heterocycles. The summed E-state index contributed by atoms with van der Waals surface area (Å²) in [5.74, 6) is -0.291. The third-order valence-corrected chi connectivity index (χ3v) is 4.41. The lowest BCUT2D eigenvalue weighted by atomic mass is 10.1. The Morgan fingerprint density at radius 2 is 2.12 bits per heavy atom. The first-order valence-electron chi connectivity index (χ1n) is 7.96. The van der Waals surface area contributed by atoms with E-state index in [1.54, 1.807) is 23.0 Å². The molecule has 24 heavy (non-hydrogen) atoms. The van der Waals surface area contributed by atoms with Gasteiger partial charge < -0.3 is 15.5 Å². The van der Waals surface area contributed by atoms with Crippen molar-refractivity contribution in [3.8, 4) is 0 Å². The zero-order valence-electron chi connectivity index (χ0n) is 13.8. The van der Waals surface area contributed by atoms with Gasteiger partial charge in [0.1, 0.15) is 0 Å². The number of piperidine rings is 1. The highest BCUT2D eigenvalue weighted by molar-refractivity contribution is 6.34. The summed E-state index contributed by atoms with van der Waals surface area (Å²) in [6.07, 6.45) is 3.69. The van der Waals surface area contributed by atoms with Crippen LogP contribution in [0.2, 0.25) is 5.02 Å². The van der Waals surface area contributed by atoms with Crippen LogP contribution in [0.1, 0.15) is 29.4 Å². The number of hydrogen-bond acceptors (Lipinski definition) is 5. The minimum atomic E-state index is -0.291. The number of anilines is 2. The Bertz CT molecular complexity index is 723. The third kappa shape index (κ3) is 3.52. The van der Waals surface area contributed by atoms with Crippen LogP contribution in [0, 0.1) is 0 Å². The number of nitrogens with zero attached hydrogens (tertiary/aromatic N) is 4. The van der Waals surface area contributed by atoms with Crippen molar-refractivity contribution in [1.29, 1.82) is 0 Å². The molecule has 2 heterocycles. The maximum atomic E-state index is 12.5. The van der Waals surface area contributed by atoms with E-state index in [2.05, 4.69) is 20.9 Å². The van der Waals surface area contributed by atoms with Crippen molar-refractivity contribution >= 4 is 28.9 Å². The summed E-state index contributed by atoms with van der Waals surface area (Å²) < 4.78 is 1.79. The molecule has 1 aliphatic rings. The van der Waals surface area contributed by atoms with Gasteiger partial charge in [-0.3, -0.25) is 4.79 Å². The predicted molar refractivity (Wildman–Crippen MR) is 94.9 cm³/mol. The molecule has 0 saturated carbocycles. The van der Waals surface area contributed by atoms with E-state index in [4.69, 9.17) is 11.6 Å². The van der Waals surface area contributed by atoms with Crippen molar-refractivity contribution in [1.82, 2.24) is 20.3 Å². The molecule has 0 radical (unpaired) electrons. The number of amides is 1. The van der Waals surface area contributed by atoms with Crippen molar-refractivity contribution in [3.63, 3.8) is 0 Å². The number of para-hydroxylation sites is 1. The van der Waals surface area contributed by atoms with Crippen molar-refractivity contribution in [3.05, 3.63) is 35.1 Å². The van der Waals surface area contributed by atoms with Crippen LogP contribution in [0.15, 0.2) is 24.4 Å². The average molecular weight is 349 g/mol. The summed E-state index contributed by atoms with van der Waals surface area (Å²) in [5, 5.41) is 14.9. The van der Waals surface area contributed by atoms with E-state index < -0.39 is 0 Å². The number of carbonyl (C=O) groups is 1. The summed E-state index contributed by atoms with van der Waals surface area (Å²) >= 11 is 6.23. The number of nitrogens with one attached hydrogen (secondary N) is 2. The number of halogens is 1. The van der Waals surface area contributed by atoms with Crippen molar-refractivity contribution in [2.75, 3.05) is 37.4 Å². The van der Waals surface area contributed by atoms with E-state index in [-0.39, 0.29) is 5.91 Å². The first kappa shape index (κ1) is 16.7. The third-order valence-electron chi connectivity index (χ3n) is 4.11. The number of rotatable bonds is 4. The second-order valence-electron chi connectivity index (χ2n) is 6.05. The van der Waals surface area contributed by atoms with Gasteiger partial charge in [-0.25, -0.2) is 4.68 Å². The summed E-state index contributed by atoms with van der Waals surface area (Å²) in [7, 11) is 3.76. The fraction of sp³-hybridized carbons (Fsp3) is 0.438. The first-order valence-corrected chi connectivity index (χ1v) is 8.34. The molecule has 1 fully saturated rings. The molecule has 0 unspecified atom stereocenters. The van der Waals surface area contributed by atoms with Crippen LogP contribution < -0.4 is 15.5 Å². The molecule has 1 saturated heterocycles. The highest BCUT2D eigenvalue weighted by Crippen LogP contribution is 2.32. The Morgan fingerprint density at radius 1 is 1.38 bits per heavy atom. The van der Waals surface area contributed by atoms with Gasteiger partial charge in [0.25, 0.3) is 5.91 Å². The lowest BCUT2D eigenvalue weighted by Gasteiger charge is -2.22. The molecule has 0 aliphatic carbocycles. The van der Waals surface area contributed by atoms with Crippen LogP contribution in [-0.2, 0) is 0 Å². The van der Waals surface area contributed by atoms with Crippen LogP contribution in [0.5, 0.6) is 0 Å². The molecule has 128 valence electrons. The Labute approximate surface area is 146 Å². The summed E-state index contributed by atoms with van der Waals surface area (Å²) in [5.41, 5.74) is 1.71. The Balaban J connectivity index is 1.76. The summed E-state index contributed by atoms with van der Waals surface area (Å²) in [6, 6.07) is 5.71. The van der Waals surface area contributed by atoms with Gasteiger partial charge >= 0.3 is 0 Å². The molecule has 1 aliphatic heterocycles. The zero-order chi connectivity index (χ0) is 17.1. The fourth-order valence-electron chi connectivity index (χ4n) is 2.89. The highest BCUT2D eigenvalue weighted by Gasteiger charge is 2.20. The first-order chi connectivity index (χ1) is 11.6. The fourth-order valence-corrected chi connectivity index (χ4v) is 3.23. The van der Waals surface area contributed by atoms with Gasteiger partial charge in [-0.2, -0.15) is 0 Å². The standard InChI is InChI=1S/C16H21ClN6O/c1-22(2)15-12(17)4-3-5-13(15)19-16(24)14-10-23(21-20-14)11-6-8-18-9-7-11/h3-5,10-11,18H,6-9H2,1-2H3,(H,19,24). The largest absolute Gasteiger partial charge is 0.375 e. The molecule has 0 bridgehead atoms. The Morgan fingerprint density at radius 3 is 2.83 bits per heavy atom. The van der Waals surface area contributed by atoms with Gasteiger partial charge in [0, 0.05) is 14.1 Å². The number of aromatic nitrogens is 3. The zero-order valence-corrected chi connectivity index (χ0v) is 14.5. The molecular formula is C16H21ClN6O. The van der Waals surface area contributed by atoms with Gasteiger partial charge in [-0.15, -0.1) is 5.10 Å². The lowest BCUT2D eigenvalue weighted by molar-refractivity contribution is 0.102. The molecule has 8 heteroatoms. The van der Waals surface area contributed by atoms with E-state index in [1.807, 2.05) is 25.1 Å². The second kappa shape index (κ2) is 7.19. The maximum Gasteiger partial charge on any atom is 0.277 e. The van der Waals surface area contributed by atoms with Crippen molar-refractivity contribution < 1.29 is 4.79 Å². The van der Waals surface area contributed by atoms with E-state index in [0.717, 1.165) is 31.6 Å². The molecule has 2 aromatic rings. The topological polar surface area (TPSA) is 75.1 Å². The predicted octanol–water partition coefficient (Wildman–Crippen LogP) is 2.17. The lowest BCUT2D eigenvalue weighted by Crippen LogP contribution is -2.29. The van der Waals surface area contributed by atoms with E-state index >= 15 is 0 Å². The maximum absolute atomic E-state index is 12.5. The van der Waals surface area contributed by atoms with E-state index in [1.165, 1.54) is 0 Å². The molecule has 2 N–H and O–H groups in total. The van der Waals surface area contributed by atoms with Crippen LogP contribution >= 0.6 is 11.6 Å². The molecule has 0 atom stereocenters. The normalized spacial score (nSPS) is 15.3. The van der Waals surface area contributed by atoms with Gasteiger partial charge in [-0.1, -0.05) is 22.9 Å². The molecular weight excluding hydrogens is 328 g/mol. The SMILES string of the molecule is CN(C)c1c(Cl)cccc1NC(=O)c1cn(C2CCNCC2)nn1. The average Bonchev–Trinajstić information content (AvgIpc) is 3.05. The van der Waals surface area contributed by atoms with Crippen LogP contribution in [0.3, 0.4) is 0 Å². The van der Waals surface area contributed by atoms with Crippen LogP contribution in [0.4, 0.5) is 11.4 Å². The van der Waals surface area contributed by atoms with Gasteiger partial charge in [0.05, 0.1) is 28.6 Å². The minimum absolute atomic E-state index is 0.291. The molecule has 7 nitrogen and oxygen atoms in total. The summed E-state index contributed by atoms with van der Waals surface area (Å²) in [4.78, 5) is 14.4. The Hall–Kier alpha value is -2.12.